The van der Waals surface area contributed by atoms with E-state index in [1.54, 1.807) is 0 Å². The smallest absolute Gasteiger partial charge is 0.316 e. The Morgan fingerprint density at radius 3 is 2.80 bits per heavy atom. The van der Waals surface area contributed by atoms with Gasteiger partial charge in [-0.2, -0.15) is 5.10 Å². The summed E-state index contributed by atoms with van der Waals surface area (Å²) in [7, 11) is 1.42. The molecule has 2 aromatic rings. The van der Waals surface area contributed by atoms with Gasteiger partial charge in [-0.05, 0) is 19.8 Å². The molecule has 1 aliphatic heterocycles. The third-order valence-electron chi connectivity index (χ3n) is 3.67. The molecule has 0 saturated heterocycles. The molecular weight excluding hydrogens is 254 g/mol. The standard InChI is InChI=1S/C15H17N3O2/c1-10-5-7-11(8-6-10)13-16-14-12(15(19)20-2)4-3-9-18(14)17-13/h5-8,12H,3-4,9H2,1-2H3. The fraction of sp³-hybridized carbons (Fsp3) is 0.400. The molecule has 0 spiro atoms. The van der Waals surface area contributed by atoms with Crippen molar-refractivity contribution in [3.05, 3.63) is 35.7 Å². The molecule has 1 unspecified atom stereocenters. The summed E-state index contributed by atoms with van der Waals surface area (Å²) < 4.78 is 6.69. The van der Waals surface area contributed by atoms with Gasteiger partial charge in [0.2, 0.25) is 0 Å². The summed E-state index contributed by atoms with van der Waals surface area (Å²) in [5, 5.41) is 4.52. The van der Waals surface area contributed by atoms with Crippen molar-refractivity contribution in [3.63, 3.8) is 0 Å². The lowest BCUT2D eigenvalue weighted by Crippen LogP contribution is -2.24. The van der Waals surface area contributed by atoms with Gasteiger partial charge < -0.3 is 4.74 Å². The number of hydrogen-bond donors (Lipinski definition) is 0. The number of ether oxygens (including phenoxy) is 1. The van der Waals surface area contributed by atoms with Crippen molar-refractivity contribution in [2.45, 2.75) is 32.2 Å². The van der Waals surface area contributed by atoms with Crippen molar-refractivity contribution in [2.75, 3.05) is 7.11 Å². The molecule has 0 N–H and O–H groups in total. The van der Waals surface area contributed by atoms with Gasteiger partial charge in [0.1, 0.15) is 11.7 Å². The fourth-order valence-corrected chi connectivity index (χ4v) is 2.54. The zero-order valence-corrected chi connectivity index (χ0v) is 11.7. The van der Waals surface area contributed by atoms with Crippen LogP contribution in [0.4, 0.5) is 0 Å². The van der Waals surface area contributed by atoms with Crippen LogP contribution >= 0.6 is 0 Å². The Morgan fingerprint density at radius 1 is 1.35 bits per heavy atom. The van der Waals surface area contributed by atoms with Crippen LogP contribution < -0.4 is 0 Å². The zero-order chi connectivity index (χ0) is 14.1. The first-order chi connectivity index (χ1) is 9.69. The Labute approximate surface area is 117 Å². The van der Waals surface area contributed by atoms with Crippen LogP contribution in [0.25, 0.3) is 11.4 Å². The van der Waals surface area contributed by atoms with E-state index >= 15 is 0 Å². The van der Waals surface area contributed by atoms with Crippen molar-refractivity contribution in [1.29, 1.82) is 0 Å². The third-order valence-corrected chi connectivity index (χ3v) is 3.67. The van der Waals surface area contributed by atoms with Gasteiger partial charge in [0.25, 0.3) is 0 Å². The first kappa shape index (κ1) is 12.8. The first-order valence-corrected chi connectivity index (χ1v) is 6.78. The molecule has 0 aliphatic carbocycles. The van der Waals surface area contributed by atoms with Gasteiger partial charge in [-0.15, -0.1) is 0 Å². The average molecular weight is 271 g/mol. The second-order valence-electron chi connectivity index (χ2n) is 5.10. The highest BCUT2D eigenvalue weighted by Crippen LogP contribution is 2.28. The maximum absolute atomic E-state index is 11.8. The van der Waals surface area contributed by atoms with E-state index < -0.39 is 0 Å². The molecule has 0 bridgehead atoms. The van der Waals surface area contributed by atoms with Crippen molar-refractivity contribution in [1.82, 2.24) is 14.8 Å². The second-order valence-corrected chi connectivity index (χ2v) is 5.10. The van der Waals surface area contributed by atoms with Crippen LogP contribution in [-0.2, 0) is 16.1 Å². The molecule has 1 aromatic heterocycles. The number of carbonyl (C=O) groups excluding carboxylic acids is 1. The molecule has 5 heteroatoms. The maximum Gasteiger partial charge on any atom is 0.316 e. The van der Waals surface area contributed by atoms with E-state index in [9.17, 15) is 4.79 Å². The quantitative estimate of drug-likeness (QED) is 0.786. The number of aromatic nitrogens is 3. The summed E-state index contributed by atoms with van der Waals surface area (Å²) in [6.45, 7) is 2.85. The summed E-state index contributed by atoms with van der Waals surface area (Å²) in [5.74, 6) is 0.878. The Bertz CT molecular complexity index is 631. The minimum Gasteiger partial charge on any atom is -0.468 e. The van der Waals surface area contributed by atoms with Crippen LogP contribution in [0.15, 0.2) is 24.3 Å². The minimum absolute atomic E-state index is 0.228. The Morgan fingerprint density at radius 2 is 2.10 bits per heavy atom. The Hall–Kier alpha value is -2.17. The topological polar surface area (TPSA) is 57.0 Å². The molecule has 0 amide bonds. The molecule has 20 heavy (non-hydrogen) atoms. The van der Waals surface area contributed by atoms with Gasteiger partial charge in [0, 0.05) is 12.1 Å². The number of carbonyl (C=O) groups is 1. The van der Waals surface area contributed by atoms with Gasteiger partial charge in [0.05, 0.1) is 7.11 Å². The lowest BCUT2D eigenvalue weighted by molar-refractivity contribution is -0.143. The molecule has 2 heterocycles. The van der Waals surface area contributed by atoms with E-state index in [-0.39, 0.29) is 11.9 Å². The molecule has 0 radical (unpaired) electrons. The van der Waals surface area contributed by atoms with Crippen LogP contribution in [0, 0.1) is 6.92 Å². The van der Waals surface area contributed by atoms with Crippen LogP contribution in [0.2, 0.25) is 0 Å². The summed E-state index contributed by atoms with van der Waals surface area (Å²) >= 11 is 0. The van der Waals surface area contributed by atoms with Crippen LogP contribution in [0.5, 0.6) is 0 Å². The largest absolute Gasteiger partial charge is 0.468 e. The summed E-state index contributed by atoms with van der Waals surface area (Å²) in [5.41, 5.74) is 2.17. The summed E-state index contributed by atoms with van der Waals surface area (Å²) in [6.07, 6.45) is 1.70. The molecule has 5 nitrogen and oxygen atoms in total. The Balaban J connectivity index is 1.99. The number of hydrogen-bond acceptors (Lipinski definition) is 4. The van der Waals surface area contributed by atoms with Crippen molar-refractivity contribution >= 4 is 5.97 Å². The molecular formula is C15H17N3O2. The molecule has 104 valence electrons. The van der Waals surface area contributed by atoms with Crippen LogP contribution in [-0.4, -0.2) is 27.8 Å². The van der Waals surface area contributed by atoms with Crippen LogP contribution in [0.1, 0.15) is 30.1 Å². The molecule has 0 saturated carbocycles. The normalized spacial score (nSPS) is 17.6. The van der Waals surface area contributed by atoms with Gasteiger partial charge in [0.15, 0.2) is 5.82 Å². The molecule has 1 aliphatic rings. The van der Waals surface area contributed by atoms with E-state index in [0.29, 0.717) is 5.82 Å². The predicted molar refractivity (Wildman–Crippen MR) is 74.2 cm³/mol. The second kappa shape index (κ2) is 5.07. The number of methoxy groups -OCH3 is 1. The van der Waals surface area contributed by atoms with Crippen molar-refractivity contribution in [3.8, 4) is 11.4 Å². The SMILES string of the molecule is COC(=O)C1CCCn2nc(-c3ccc(C)cc3)nc21. The average Bonchev–Trinajstić information content (AvgIpc) is 2.91. The summed E-state index contributed by atoms with van der Waals surface area (Å²) in [4.78, 5) is 16.4. The lowest BCUT2D eigenvalue weighted by atomic mass is 9.99. The highest BCUT2D eigenvalue weighted by Gasteiger charge is 2.30. The predicted octanol–water partition coefficient (Wildman–Crippen LogP) is 2.30. The van der Waals surface area contributed by atoms with E-state index in [0.717, 1.165) is 30.8 Å². The monoisotopic (exact) mass is 271 g/mol. The number of esters is 1. The number of benzene rings is 1. The molecule has 1 atom stereocenters. The highest BCUT2D eigenvalue weighted by molar-refractivity contribution is 5.77. The lowest BCUT2D eigenvalue weighted by Gasteiger charge is -2.19. The highest BCUT2D eigenvalue weighted by atomic mass is 16.5. The molecule has 3 rings (SSSR count). The first-order valence-electron chi connectivity index (χ1n) is 6.78. The van der Waals surface area contributed by atoms with Gasteiger partial charge in [-0.3, -0.25) is 4.79 Å². The van der Waals surface area contributed by atoms with Gasteiger partial charge >= 0.3 is 5.97 Å². The van der Waals surface area contributed by atoms with Crippen molar-refractivity contribution < 1.29 is 9.53 Å². The zero-order valence-electron chi connectivity index (χ0n) is 11.7. The maximum atomic E-state index is 11.8. The van der Waals surface area contributed by atoms with E-state index in [2.05, 4.69) is 10.1 Å². The summed E-state index contributed by atoms with van der Waals surface area (Å²) in [6, 6.07) is 8.08. The number of nitrogens with zero attached hydrogens (tertiary/aromatic N) is 3. The van der Waals surface area contributed by atoms with Gasteiger partial charge in [-0.1, -0.05) is 29.8 Å². The van der Waals surface area contributed by atoms with E-state index in [1.807, 2.05) is 35.9 Å². The van der Waals surface area contributed by atoms with Crippen LogP contribution in [0.3, 0.4) is 0 Å². The minimum atomic E-state index is -0.291. The molecule has 0 fully saturated rings. The number of fused-ring (bicyclic) bond motifs is 1. The van der Waals surface area contributed by atoms with Crippen molar-refractivity contribution in [2.24, 2.45) is 0 Å². The van der Waals surface area contributed by atoms with E-state index in [4.69, 9.17) is 4.74 Å². The number of aryl methyl sites for hydroxylation is 2. The van der Waals surface area contributed by atoms with E-state index in [1.165, 1.54) is 12.7 Å². The third kappa shape index (κ3) is 2.19. The Kier molecular flexibility index (Phi) is 3.26. The number of rotatable bonds is 2. The fourth-order valence-electron chi connectivity index (χ4n) is 2.54. The van der Waals surface area contributed by atoms with Gasteiger partial charge in [-0.25, -0.2) is 9.67 Å². The molecule has 1 aromatic carbocycles.